The van der Waals surface area contributed by atoms with Crippen molar-refractivity contribution in [1.29, 1.82) is 0 Å². The van der Waals surface area contributed by atoms with Gasteiger partial charge < -0.3 is 4.74 Å². The van der Waals surface area contributed by atoms with E-state index in [-0.39, 0.29) is 22.8 Å². The monoisotopic (exact) mass is 434 g/mol. The minimum atomic E-state index is -1.43. The summed E-state index contributed by atoms with van der Waals surface area (Å²) in [4.78, 5) is 24.3. The van der Waals surface area contributed by atoms with Crippen molar-refractivity contribution in [2.24, 2.45) is 5.29 Å². The molecule has 0 aliphatic heterocycles. The molecule has 30 heavy (non-hydrogen) atoms. The van der Waals surface area contributed by atoms with Crippen LogP contribution < -0.4 is 4.74 Å². The Hall–Kier alpha value is -1.69. The number of nitroso groups, excluding NO2 is 1. The second-order valence-corrected chi connectivity index (χ2v) is 18.2. The SMILES string of the molecule is CC(C)(C)c1cc(C(C)(C)C)c(OC(=O)N(CC[Si](C)(C)C)N=O)c(C(C)(C)C)c1. The summed E-state index contributed by atoms with van der Waals surface area (Å²) in [7, 11) is -1.43. The number of carbonyl (C=O) groups is 1. The van der Waals surface area contributed by atoms with Crippen LogP contribution >= 0.6 is 0 Å². The highest BCUT2D eigenvalue weighted by Gasteiger charge is 2.32. The van der Waals surface area contributed by atoms with Crippen LogP contribution in [0.1, 0.15) is 79.0 Å². The average molecular weight is 435 g/mol. The minimum absolute atomic E-state index is 0.0454. The third-order valence-corrected chi connectivity index (χ3v) is 6.87. The van der Waals surface area contributed by atoms with E-state index >= 15 is 0 Å². The van der Waals surface area contributed by atoms with E-state index in [1.807, 2.05) is 0 Å². The summed E-state index contributed by atoms with van der Waals surface area (Å²) < 4.78 is 5.92. The van der Waals surface area contributed by atoms with E-state index in [0.717, 1.165) is 22.2 Å². The van der Waals surface area contributed by atoms with Gasteiger partial charge in [-0.05, 0) is 27.9 Å². The standard InChI is InChI=1S/C24H42N2O3Si/c1-22(2,3)17-15-18(23(4,5)6)20(19(16-17)24(7,8)9)29-21(27)26(25-28)13-14-30(10,11)12/h15-16H,13-14H2,1-12H3. The third kappa shape index (κ3) is 7.22. The van der Waals surface area contributed by atoms with Gasteiger partial charge in [0, 0.05) is 25.7 Å². The van der Waals surface area contributed by atoms with Crippen molar-refractivity contribution < 1.29 is 9.53 Å². The first kappa shape index (κ1) is 26.3. The quantitative estimate of drug-likeness (QED) is 0.275. The van der Waals surface area contributed by atoms with Crippen LogP contribution in [0, 0.1) is 4.91 Å². The summed E-state index contributed by atoms with van der Waals surface area (Å²) >= 11 is 0. The fourth-order valence-electron chi connectivity index (χ4n) is 3.03. The van der Waals surface area contributed by atoms with Gasteiger partial charge >= 0.3 is 6.09 Å². The van der Waals surface area contributed by atoms with Crippen LogP contribution in [-0.2, 0) is 16.2 Å². The molecule has 0 radical (unpaired) electrons. The molecule has 0 saturated heterocycles. The number of ether oxygens (including phenoxy) is 1. The first-order valence-corrected chi connectivity index (χ1v) is 14.5. The molecule has 0 bridgehead atoms. The summed E-state index contributed by atoms with van der Waals surface area (Å²) in [6.45, 7) is 26.1. The van der Waals surface area contributed by atoms with E-state index < -0.39 is 14.2 Å². The third-order valence-electron chi connectivity index (χ3n) is 5.14. The zero-order valence-electron chi connectivity index (χ0n) is 21.2. The lowest BCUT2D eigenvalue weighted by Crippen LogP contribution is -2.35. The van der Waals surface area contributed by atoms with Gasteiger partial charge in [0.05, 0.1) is 5.29 Å². The first-order chi connectivity index (χ1) is 13.3. The lowest BCUT2D eigenvalue weighted by Gasteiger charge is -2.33. The molecule has 6 heteroatoms. The zero-order chi connectivity index (χ0) is 23.7. The van der Waals surface area contributed by atoms with Gasteiger partial charge in [-0.1, -0.05) is 94.1 Å². The van der Waals surface area contributed by atoms with Gasteiger partial charge in [0.15, 0.2) is 0 Å². The number of benzene rings is 1. The Labute approximate surface area is 184 Å². The smallest absolute Gasteiger partial charge is 0.408 e. The van der Waals surface area contributed by atoms with Gasteiger partial charge in [-0.3, -0.25) is 0 Å². The van der Waals surface area contributed by atoms with E-state index in [0.29, 0.717) is 5.75 Å². The molecular weight excluding hydrogens is 392 g/mol. The highest BCUT2D eigenvalue weighted by atomic mass is 28.3. The van der Waals surface area contributed by atoms with Gasteiger partial charge in [-0.2, -0.15) is 5.01 Å². The van der Waals surface area contributed by atoms with Gasteiger partial charge in [0.25, 0.3) is 0 Å². The molecule has 1 amide bonds. The molecular formula is C24H42N2O3Si. The summed E-state index contributed by atoms with van der Waals surface area (Å²) in [5.41, 5.74) is 2.59. The van der Waals surface area contributed by atoms with Crippen molar-refractivity contribution >= 4 is 14.2 Å². The first-order valence-electron chi connectivity index (χ1n) is 10.8. The molecule has 0 spiro atoms. The summed E-state index contributed by atoms with van der Waals surface area (Å²) in [6, 6.07) is 5.06. The Morgan fingerprint density at radius 1 is 0.900 bits per heavy atom. The van der Waals surface area contributed by atoms with Gasteiger partial charge in [-0.15, -0.1) is 4.91 Å². The lowest BCUT2D eigenvalue weighted by atomic mass is 9.75. The molecule has 1 rings (SSSR count). The van der Waals surface area contributed by atoms with Crippen molar-refractivity contribution in [1.82, 2.24) is 5.01 Å². The second-order valence-electron chi connectivity index (χ2n) is 12.5. The highest BCUT2D eigenvalue weighted by Crippen LogP contribution is 2.43. The molecule has 0 heterocycles. The van der Waals surface area contributed by atoms with Crippen LogP contribution in [0.15, 0.2) is 17.4 Å². The van der Waals surface area contributed by atoms with E-state index in [1.165, 1.54) is 5.56 Å². The van der Waals surface area contributed by atoms with Crippen LogP contribution in [0.5, 0.6) is 5.75 Å². The molecule has 1 aromatic carbocycles. The van der Waals surface area contributed by atoms with Crippen LogP contribution in [0.25, 0.3) is 0 Å². The van der Waals surface area contributed by atoms with Gasteiger partial charge in [0.2, 0.25) is 0 Å². The van der Waals surface area contributed by atoms with E-state index in [4.69, 9.17) is 4.74 Å². The predicted molar refractivity (Wildman–Crippen MR) is 129 cm³/mol. The Kier molecular flexibility index (Phi) is 7.74. The van der Waals surface area contributed by atoms with Crippen LogP contribution in [0.4, 0.5) is 4.79 Å². The maximum atomic E-state index is 12.9. The van der Waals surface area contributed by atoms with E-state index in [1.54, 1.807) is 0 Å². The number of nitrogens with zero attached hydrogens (tertiary/aromatic N) is 2. The van der Waals surface area contributed by atoms with Crippen molar-refractivity contribution in [3.8, 4) is 5.75 Å². The number of rotatable bonds is 5. The number of hydrogen-bond acceptors (Lipinski definition) is 4. The Morgan fingerprint density at radius 3 is 1.63 bits per heavy atom. The number of carbonyl (C=O) groups excluding carboxylic acids is 1. The van der Waals surface area contributed by atoms with E-state index in [9.17, 15) is 9.70 Å². The van der Waals surface area contributed by atoms with Gasteiger partial charge in [0.1, 0.15) is 5.75 Å². The molecule has 0 saturated carbocycles. The maximum Gasteiger partial charge on any atom is 0.438 e. The molecule has 0 aromatic heterocycles. The van der Waals surface area contributed by atoms with Crippen LogP contribution in [0.2, 0.25) is 25.7 Å². The minimum Gasteiger partial charge on any atom is -0.408 e. The largest absolute Gasteiger partial charge is 0.438 e. The molecule has 0 atom stereocenters. The van der Waals surface area contributed by atoms with Gasteiger partial charge in [-0.25, -0.2) is 4.79 Å². The average Bonchev–Trinajstić information content (AvgIpc) is 2.51. The summed E-state index contributed by atoms with van der Waals surface area (Å²) in [6.07, 6.45) is -0.706. The van der Waals surface area contributed by atoms with Crippen molar-refractivity contribution in [3.63, 3.8) is 0 Å². The van der Waals surface area contributed by atoms with Crippen LogP contribution in [-0.4, -0.2) is 25.7 Å². The van der Waals surface area contributed by atoms with Crippen molar-refractivity contribution in [2.75, 3.05) is 6.54 Å². The predicted octanol–water partition coefficient (Wildman–Crippen LogP) is 7.40. The topological polar surface area (TPSA) is 59.0 Å². The zero-order valence-corrected chi connectivity index (χ0v) is 22.2. The second kappa shape index (κ2) is 8.81. The Balaban J connectivity index is 3.56. The molecule has 1 aromatic rings. The normalized spacial score (nSPS) is 13.2. The lowest BCUT2D eigenvalue weighted by molar-refractivity contribution is 0.154. The van der Waals surface area contributed by atoms with Crippen molar-refractivity contribution in [2.45, 2.75) is 104 Å². The van der Waals surface area contributed by atoms with Crippen LogP contribution in [0.3, 0.4) is 0 Å². The highest BCUT2D eigenvalue weighted by molar-refractivity contribution is 6.76. The van der Waals surface area contributed by atoms with Crippen molar-refractivity contribution in [3.05, 3.63) is 33.7 Å². The molecule has 0 aliphatic carbocycles. The molecule has 0 aliphatic rings. The molecule has 0 unspecified atom stereocenters. The molecule has 5 nitrogen and oxygen atoms in total. The number of hydrogen-bond donors (Lipinski definition) is 0. The molecule has 170 valence electrons. The summed E-state index contributed by atoms with van der Waals surface area (Å²) in [5, 5.41) is 3.88. The van der Waals surface area contributed by atoms with E-state index in [2.05, 4.69) is 99.4 Å². The number of amides is 1. The Morgan fingerprint density at radius 2 is 1.33 bits per heavy atom. The maximum absolute atomic E-state index is 12.9. The molecule has 0 fully saturated rings. The molecule has 0 N–H and O–H groups in total. The summed E-state index contributed by atoms with van der Waals surface area (Å²) in [5.74, 6) is 0.551. The Bertz CT molecular complexity index is 741. The fourth-order valence-corrected chi connectivity index (χ4v) is 3.92. The fraction of sp³-hybridized carbons (Fsp3) is 0.708.